The van der Waals surface area contributed by atoms with E-state index in [1.54, 1.807) is 18.2 Å². The summed E-state index contributed by atoms with van der Waals surface area (Å²) in [5, 5.41) is 0. The summed E-state index contributed by atoms with van der Waals surface area (Å²) in [5.74, 6) is -0.316. The Kier molecular flexibility index (Phi) is 4.53. The molecular weight excluding hydrogens is 243 g/mol. The van der Waals surface area contributed by atoms with E-state index < -0.39 is 0 Å². The van der Waals surface area contributed by atoms with Gasteiger partial charge in [-0.3, -0.25) is 4.79 Å². The summed E-state index contributed by atoms with van der Waals surface area (Å²) in [6.45, 7) is 3.31. The molecule has 0 saturated carbocycles. The van der Waals surface area contributed by atoms with Crippen molar-refractivity contribution in [2.45, 2.75) is 32.2 Å². The number of likely N-dealkylation sites (tertiary alicyclic amines) is 1. The third kappa shape index (κ3) is 3.53. The Hall–Kier alpha value is -1.42. The van der Waals surface area contributed by atoms with Crippen LogP contribution < -0.4 is 5.73 Å². The van der Waals surface area contributed by atoms with Gasteiger partial charge >= 0.3 is 0 Å². The molecule has 4 heteroatoms. The second-order valence-electron chi connectivity index (χ2n) is 5.36. The molecule has 19 heavy (non-hydrogen) atoms. The molecule has 1 fully saturated rings. The highest BCUT2D eigenvalue weighted by atomic mass is 19.1. The molecule has 1 unspecified atom stereocenters. The molecule has 0 aromatic heterocycles. The predicted octanol–water partition coefficient (Wildman–Crippen LogP) is 1.95. The first kappa shape index (κ1) is 14.0. The molecule has 1 aliphatic heterocycles. The second-order valence-corrected chi connectivity index (χ2v) is 5.36. The first-order valence-electron chi connectivity index (χ1n) is 6.85. The lowest BCUT2D eigenvalue weighted by atomic mass is 9.97. The van der Waals surface area contributed by atoms with Crippen LogP contribution in [0.25, 0.3) is 0 Å². The summed E-state index contributed by atoms with van der Waals surface area (Å²) in [6.07, 6.45) is 2.17. The maximum atomic E-state index is 13.6. The van der Waals surface area contributed by atoms with E-state index in [0.29, 0.717) is 12.0 Å². The molecule has 0 bridgehead atoms. The van der Waals surface area contributed by atoms with Crippen molar-refractivity contribution in [2.24, 2.45) is 11.7 Å². The molecular formula is C15H21FN2O. The Morgan fingerprint density at radius 3 is 2.68 bits per heavy atom. The number of hydrogen-bond acceptors (Lipinski definition) is 2. The third-order valence-electron chi connectivity index (χ3n) is 3.76. The van der Waals surface area contributed by atoms with Gasteiger partial charge in [0.25, 0.3) is 0 Å². The van der Waals surface area contributed by atoms with E-state index in [-0.39, 0.29) is 23.7 Å². The second kappa shape index (κ2) is 6.15. The molecule has 1 aliphatic rings. The predicted molar refractivity (Wildman–Crippen MR) is 73.1 cm³/mol. The zero-order valence-corrected chi connectivity index (χ0v) is 11.3. The van der Waals surface area contributed by atoms with E-state index in [0.717, 1.165) is 25.9 Å². The number of amides is 1. The first-order chi connectivity index (χ1) is 9.08. The molecule has 1 aromatic carbocycles. The molecule has 1 heterocycles. The van der Waals surface area contributed by atoms with Gasteiger partial charge in [0.15, 0.2) is 0 Å². The zero-order valence-electron chi connectivity index (χ0n) is 11.3. The minimum atomic E-state index is -0.234. The third-order valence-corrected chi connectivity index (χ3v) is 3.76. The summed E-state index contributed by atoms with van der Waals surface area (Å²) in [4.78, 5) is 14.1. The van der Waals surface area contributed by atoms with Crippen LogP contribution in [0, 0.1) is 11.7 Å². The summed E-state index contributed by atoms with van der Waals surface area (Å²) < 4.78 is 13.6. The SMILES string of the molecule is CC(Cc1ccccc1F)C(=O)N1CCC(N)CC1. The minimum Gasteiger partial charge on any atom is -0.342 e. The lowest BCUT2D eigenvalue weighted by molar-refractivity contribution is -0.136. The molecule has 1 amide bonds. The highest BCUT2D eigenvalue weighted by Gasteiger charge is 2.25. The summed E-state index contributed by atoms with van der Waals surface area (Å²) in [7, 11) is 0. The number of carbonyl (C=O) groups is 1. The molecule has 1 atom stereocenters. The van der Waals surface area contributed by atoms with Gasteiger partial charge in [-0.15, -0.1) is 0 Å². The largest absolute Gasteiger partial charge is 0.342 e. The Morgan fingerprint density at radius 1 is 1.42 bits per heavy atom. The van der Waals surface area contributed by atoms with Gasteiger partial charge in [-0.25, -0.2) is 4.39 Å². The van der Waals surface area contributed by atoms with Gasteiger partial charge < -0.3 is 10.6 Å². The molecule has 0 aliphatic carbocycles. The van der Waals surface area contributed by atoms with Gasteiger partial charge in [0.1, 0.15) is 5.82 Å². The van der Waals surface area contributed by atoms with Gasteiger partial charge in [0, 0.05) is 25.0 Å². The average Bonchev–Trinajstić information content (AvgIpc) is 2.41. The van der Waals surface area contributed by atoms with Crippen LogP contribution in [0.15, 0.2) is 24.3 Å². The molecule has 1 saturated heterocycles. The molecule has 0 spiro atoms. The zero-order chi connectivity index (χ0) is 13.8. The number of nitrogens with two attached hydrogens (primary N) is 1. The molecule has 1 aromatic rings. The smallest absolute Gasteiger partial charge is 0.225 e. The van der Waals surface area contributed by atoms with Crippen LogP contribution >= 0.6 is 0 Å². The van der Waals surface area contributed by atoms with Crippen LogP contribution in [0.3, 0.4) is 0 Å². The van der Waals surface area contributed by atoms with Crippen LogP contribution in [0.5, 0.6) is 0 Å². The number of nitrogens with zero attached hydrogens (tertiary/aromatic N) is 1. The van der Waals surface area contributed by atoms with Crippen molar-refractivity contribution in [3.8, 4) is 0 Å². The summed E-state index contributed by atoms with van der Waals surface area (Å²) in [5.41, 5.74) is 6.44. The van der Waals surface area contributed by atoms with Crippen LogP contribution in [0.4, 0.5) is 4.39 Å². The normalized spacial score (nSPS) is 18.4. The summed E-state index contributed by atoms with van der Waals surface area (Å²) in [6, 6.07) is 6.86. The Balaban J connectivity index is 1.94. The van der Waals surface area contributed by atoms with Gasteiger partial charge in [-0.2, -0.15) is 0 Å². The van der Waals surface area contributed by atoms with E-state index in [1.807, 2.05) is 11.8 Å². The van der Waals surface area contributed by atoms with Crippen molar-refractivity contribution in [3.05, 3.63) is 35.6 Å². The van der Waals surface area contributed by atoms with Gasteiger partial charge in [-0.1, -0.05) is 25.1 Å². The van der Waals surface area contributed by atoms with E-state index >= 15 is 0 Å². The standard InChI is InChI=1S/C15H21FN2O/c1-11(10-12-4-2-3-5-14(12)16)15(19)18-8-6-13(17)7-9-18/h2-5,11,13H,6-10,17H2,1H3. The number of hydrogen-bond donors (Lipinski definition) is 1. The first-order valence-corrected chi connectivity index (χ1v) is 6.85. The van der Waals surface area contributed by atoms with Crippen LogP contribution in [-0.4, -0.2) is 29.9 Å². The van der Waals surface area contributed by atoms with Crippen LogP contribution in [0.2, 0.25) is 0 Å². The minimum absolute atomic E-state index is 0.107. The number of carbonyl (C=O) groups excluding carboxylic acids is 1. The van der Waals surface area contributed by atoms with E-state index in [9.17, 15) is 9.18 Å². The van der Waals surface area contributed by atoms with E-state index in [2.05, 4.69) is 0 Å². The van der Waals surface area contributed by atoms with Crippen LogP contribution in [0.1, 0.15) is 25.3 Å². The maximum Gasteiger partial charge on any atom is 0.225 e. The Labute approximate surface area is 113 Å². The van der Waals surface area contributed by atoms with Gasteiger partial charge in [0.05, 0.1) is 0 Å². The van der Waals surface area contributed by atoms with Crippen molar-refractivity contribution < 1.29 is 9.18 Å². The highest BCUT2D eigenvalue weighted by Crippen LogP contribution is 2.17. The fraction of sp³-hybridized carbons (Fsp3) is 0.533. The number of rotatable bonds is 3. The number of benzene rings is 1. The monoisotopic (exact) mass is 264 g/mol. The van der Waals surface area contributed by atoms with E-state index in [4.69, 9.17) is 5.73 Å². The van der Waals surface area contributed by atoms with Crippen molar-refractivity contribution in [1.82, 2.24) is 4.90 Å². The number of piperidine rings is 1. The Bertz CT molecular complexity index is 442. The molecule has 2 rings (SSSR count). The Morgan fingerprint density at radius 2 is 2.05 bits per heavy atom. The molecule has 3 nitrogen and oxygen atoms in total. The van der Waals surface area contributed by atoms with Gasteiger partial charge in [-0.05, 0) is 30.9 Å². The van der Waals surface area contributed by atoms with Crippen molar-refractivity contribution in [3.63, 3.8) is 0 Å². The average molecular weight is 264 g/mol. The van der Waals surface area contributed by atoms with Crippen LogP contribution in [-0.2, 0) is 11.2 Å². The van der Waals surface area contributed by atoms with Crippen molar-refractivity contribution in [1.29, 1.82) is 0 Å². The van der Waals surface area contributed by atoms with E-state index in [1.165, 1.54) is 6.07 Å². The van der Waals surface area contributed by atoms with Gasteiger partial charge in [0.2, 0.25) is 5.91 Å². The lowest BCUT2D eigenvalue weighted by Gasteiger charge is -2.32. The summed E-state index contributed by atoms with van der Waals surface area (Å²) >= 11 is 0. The molecule has 0 radical (unpaired) electrons. The van der Waals surface area contributed by atoms with Crippen molar-refractivity contribution in [2.75, 3.05) is 13.1 Å². The lowest BCUT2D eigenvalue weighted by Crippen LogP contribution is -2.45. The maximum absolute atomic E-state index is 13.6. The molecule has 2 N–H and O–H groups in total. The number of halogens is 1. The highest BCUT2D eigenvalue weighted by molar-refractivity contribution is 5.78. The topological polar surface area (TPSA) is 46.3 Å². The van der Waals surface area contributed by atoms with Crippen molar-refractivity contribution >= 4 is 5.91 Å². The molecule has 104 valence electrons. The quantitative estimate of drug-likeness (QED) is 0.907. The fourth-order valence-electron chi connectivity index (χ4n) is 2.51. The fourth-order valence-corrected chi connectivity index (χ4v) is 2.51.